The Morgan fingerprint density at radius 2 is 0.850 bits per heavy atom. The van der Waals surface area contributed by atoms with E-state index in [1.54, 1.807) is 0 Å². The molecule has 12 aromatic rings. The number of fused-ring (bicyclic) bond motifs is 7. The summed E-state index contributed by atoms with van der Waals surface area (Å²) in [6.45, 7) is 0. The average Bonchev–Trinajstić information content (AvgIpc) is 3.90. The fraction of sp³-hybridized carbons (Fsp3) is 0. The molecule has 5 nitrogen and oxygen atoms in total. The quantitative estimate of drug-likeness (QED) is 0.169. The van der Waals surface area contributed by atoms with Crippen molar-refractivity contribution in [1.29, 1.82) is 0 Å². The van der Waals surface area contributed by atoms with Crippen LogP contribution >= 0.6 is 0 Å². The Bertz CT molecular complexity index is 3610. The molecular weight excluding hydrogens is 735 g/mol. The van der Waals surface area contributed by atoms with Crippen LogP contribution in [0.5, 0.6) is 0 Å². The van der Waals surface area contributed by atoms with E-state index in [4.69, 9.17) is 23.8 Å². The van der Waals surface area contributed by atoms with Crippen molar-refractivity contribution >= 4 is 54.6 Å². The van der Waals surface area contributed by atoms with E-state index in [1.165, 1.54) is 0 Å². The average molecular weight is 768 g/mol. The molecule has 0 fully saturated rings. The van der Waals surface area contributed by atoms with Crippen LogP contribution in [0.2, 0.25) is 0 Å². The first-order valence-electron chi connectivity index (χ1n) is 20.1. The molecule has 0 aliphatic carbocycles. The van der Waals surface area contributed by atoms with Crippen LogP contribution in [-0.2, 0) is 0 Å². The molecule has 0 aliphatic heterocycles. The lowest BCUT2D eigenvalue weighted by molar-refractivity contribution is 0.668. The van der Waals surface area contributed by atoms with E-state index in [1.807, 2.05) is 48.5 Å². The summed E-state index contributed by atoms with van der Waals surface area (Å²) in [4.78, 5) is 15.4. The molecule has 3 aromatic heterocycles. The Kier molecular flexibility index (Phi) is 7.78. The van der Waals surface area contributed by atoms with Gasteiger partial charge in [-0.2, -0.15) is 0 Å². The third-order valence-corrected chi connectivity index (χ3v) is 11.6. The molecule has 0 unspecified atom stereocenters. The molecule has 5 heteroatoms. The molecule has 3 heterocycles. The first-order chi connectivity index (χ1) is 29.7. The topological polar surface area (TPSA) is 65.0 Å². The minimum Gasteiger partial charge on any atom is -0.456 e. The van der Waals surface area contributed by atoms with Crippen molar-refractivity contribution in [3.05, 3.63) is 200 Å². The van der Waals surface area contributed by atoms with Gasteiger partial charge in [-0.3, -0.25) is 0 Å². The van der Waals surface area contributed by atoms with E-state index in [-0.39, 0.29) is 0 Å². The molecule has 0 amide bonds. The number of benzene rings is 9. The SMILES string of the molecule is c1ccc(-c2cccc(-c3nc(-c4ccccc4)nc(-c4ccc(-c5cccc6oc7cc(-c8cccc9c8oc8ccccc89)ccc7c56)c5ccccc45)n3)c2)cc1. The smallest absolute Gasteiger partial charge is 0.164 e. The summed E-state index contributed by atoms with van der Waals surface area (Å²) in [6.07, 6.45) is 0. The number of aromatic nitrogens is 3. The van der Waals surface area contributed by atoms with Gasteiger partial charge < -0.3 is 8.83 Å². The molecule has 0 atom stereocenters. The van der Waals surface area contributed by atoms with Crippen molar-refractivity contribution in [2.45, 2.75) is 0 Å². The first-order valence-corrected chi connectivity index (χ1v) is 20.1. The number of hydrogen-bond donors (Lipinski definition) is 0. The van der Waals surface area contributed by atoms with Crippen LogP contribution in [0.3, 0.4) is 0 Å². The van der Waals surface area contributed by atoms with E-state index < -0.39 is 0 Å². The summed E-state index contributed by atoms with van der Waals surface area (Å²) in [5.74, 6) is 1.86. The van der Waals surface area contributed by atoms with Crippen LogP contribution in [0, 0.1) is 0 Å². The summed E-state index contributed by atoms with van der Waals surface area (Å²) < 4.78 is 13.0. The van der Waals surface area contributed by atoms with Crippen molar-refractivity contribution in [1.82, 2.24) is 15.0 Å². The predicted molar refractivity (Wildman–Crippen MR) is 245 cm³/mol. The molecule has 12 rings (SSSR count). The molecule has 280 valence electrons. The van der Waals surface area contributed by atoms with Gasteiger partial charge in [0.15, 0.2) is 17.5 Å². The van der Waals surface area contributed by atoms with Gasteiger partial charge in [0, 0.05) is 43.8 Å². The highest BCUT2D eigenvalue weighted by molar-refractivity contribution is 6.17. The Labute approximate surface area is 344 Å². The Morgan fingerprint density at radius 1 is 0.267 bits per heavy atom. The number of furan rings is 2. The second kappa shape index (κ2) is 13.8. The monoisotopic (exact) mass is 767 g/mol. The van der Waals surface area contributed by atoms with Gasteiger partial charge in [-0.25, -0.2) is 15.0 Å². The molecule has 0 aliphatic rings. The molecule has 0 radical (unpaired) electrons. The van der Waals surface area contributed by atoms with E-state index in [9.17, 15) is 0 Å². The van der Waals surface area contributed by atoms with E-state index in [0.29, 0.717) is 17.5 Å². The van der Waals surface area contributed by atoms with Crippen LogP contribution in [0.4, 0.5) is 0 Å². The molecule has 60 heavy (non-hydrogen) atoms. The van der Waals surface area contributed by atoms with Crippen LogP contribution in [0.1, 0.15) is 0 Å². The second-order valence-electron chi connectivity index (χ2n) is 15.1. The van der Waals surface area contributed by atoms with Crippen molar-refractivity contribution in [2.24, 2.45) is 0 Å². The minimum absolute atomic E-state index is 0.616. The lowest BCUT2D eigenvalue weighted by atomic mass is 9.92. The van der Waals surface area contributed by atoms with Gasteiger partial charge in [0.05, 0.1) is 0 Å². The van der Waals surface area contributed by atoms with Crippen LogP contribution in [0.15, 0.2) is 209 Å². The number of para-hydroxylation sites is 2. The summed E-state index contributed by atoms with van der Waals surface area (Å²) in [7, 11) is 0. The molecule has 0 saturated carbocycles. The Morgan fingerprint density at radius 3 is 1.68 bits per heavy atom. The van der Waals surface area contributed by atoms with Crippen LogP contribution in [-0.4, -0.2) is 15.0 Å². The predicted octanol–water partition coefficient (Wildman–Crippen LogP) is 14.8. The maximum Gasteiger partial charge on any atom is 0.164 e. The molecule has 9 aromatic carbocycles. The second-order valence-corrected chi connectivity index (χ2v) is 15.1. The maximum absolute atomic E-state index is 6.64. The van der Waals surface area contributed by atoms with Crippen molar-refractivity contribution < 1.29 is 8.83 Å². The van der Waals surface area contributed by atoms with Gasteiger partial charge in [0.25, 0.3) is 0 Å². The van der Waals surface area contributed by atoms with Gasteiger partial charge in [0.1, 0.15) is 22.3 Å². The highest BCUT2D eigenvalue weighted by Gasteiger charge is 2.20. The number of rotatable bonds is 6. The normalized spacial score (nSPS) is 11.7. The molecule has 0 bridgehead atoms. The zero-order chi connectivity index (χ0) is 39.6. The summed E-state index contributed by atoms with van der Waals surface area (Å²) >= 11 is 0. The van der Waals surface area contributed by atoms with Gasteiger partial charge in [-0.15, -0.1) is 0 Å². The Balaban J connectivity index is 1.00. The van der Waals surface area contributed by atoms with E-state index in [2.05, 4.69) is 152 Å². The minimum atomic E-state index is 0.616. The molecule has 0 N–H and O–H groups in total. The van der Waals surface area contributed by atoms with Crippen molar-refractivity contribution in [3.63, 3.8) is 0 Å². The summed E-state index contributed by atoms with van der Waals surface area (Å²) in [5, 5.41) is 6.50. The molecule has 0 spiro atoms. The van der Waals surface area contributed by atoms with Crippen LogP contribution in [0.25, 0.3) is 122 Å². The molecular formula is C55H33N3O2. The summed E-state index contributed by atoms with van der Waals surface area (Å²) in [5.41, 5.74) is 12.7. The largest absolute Gasteiger partial charge is 0.456 e. The third-order valence-electron chi connectivity index (χ3n) is 11.6. The van der Waals surface area contributed by atoms with Crippen LogP contribution < -0.4 is 0 Å². The van der Waals surface area contributed by atoms with Crippen molar-refractivity contribution in [3.8, 4) is 67.5 Å². The van der Waals surface area contributed by atoms with E-state index in [0.717, 1.165) is 105 Å². The van der Waals surface area contributed by atoms with Gasteiger partial charge >= 0.3 is 0 Å². The van der Waals surface area contributed by atoms with E-state index >= 15 is 0 Å². The third kappa shape index (κ3) is 5.59. The number of nitrogens with zero attached hydrogens (tertiary/aromatic N) is 3. The van der Waals surface area contributed by atoms with Gasteiger partial charge in [-0.05, 0) is 75.0 Å². The summed E-state index contributed by atoms with van der Waals surface area (Å²) in [6, 6.07) is 69.2. The first kappa shape index (κ1) is 33.9. The lowest BCUT2D eigenvalue weighted by Crippen LogP contribution is -2.01. The van der Waals surface area contributed by atoms with Gasteiger partial charge in [-0.1, -0.05) is 164 Å². The molecule has 0 saturated heterocycles. The lowest BCUT2D eigenvalue weighted by Gasteiger charge is -2.14. The number of hydrogen-bond acceptors (Lipinski definition) is 5. The zero-order valence-corrected chi connectivity index (χ0v) is 32.2. The Hall–Kier alpha value is -8.15. The fourth-order valence-corrected chi connectivity index (χ4v) is 8.73. The highest BCUT2D eigenvalue weighted by Crippen LogP contribution is 2.43. The standard InChI is InChI=1S/C55H33N3O2/c1-3-14-34(15-4-1)36-18-11-19-38(32-36)54-56-53(35-16-5-2-6-17-35)57-55(58-54)46-31-30-42(40-20-7-8-21-41(40)46)44-24-13-27-49-51(44)47-29-28-37(33-50(47)59-49)39-23-12-25-45-43-22-9-10-26-48(43)60-52(39)45/h1-33H. The zero-order valence-electron chi connectivity index (χ0n) is 32.2. The van der Waals surface area contributed by atoms with Crippen molar-refractivity contribution in [2.75, 3.05) is 0 Å². The maximum atomic E-state index is 6.64. The highest BCUT2D eigenvalue weighted by atomic mass is 16.3. The fourth-order valence-electron chi connectivity index (χ4n) is 8.73. The van der Waals surface area contributed by atoms with Gasteiger partial charge in [0.2, 0.25) is 0 Å².